The molecule has 1 heterocycles. The monoisotopic (exact) mass is 375 g/mol. The van der Waals surface area contributed by atoms with Gasteiger partial charge in [0.05, 0.1) is 6.10 Å². The van der Waals surface area contributed by atoms with Crippen LogP contribution in [0.2, 0.25) is 0 Å². The molecule has 2 amide bonds. The quantitative estimate of drug-likeness (QED) is 0.758. The molecule has 0 bridgehead atoms. The molecule has 1 fully saturated rings. The Hall–Kier alpha value is -2.08. The van der Waals surface area contributed by atoms with E-state index >= 15 is 0 Å². The van der Waals surface area contributed by atoms with E-state index in [4.69, 9.17) is 4.74 Å². The Morgan fingerprint density at radius 1 is 1.30 bits per heavy atom. The molecule has 0 spiro atoms. The number of nitrogens with zero attached hydrogens (tertiary/aromatic N) is 2. The number of anilines is 2. The summed E-state index contributed by atoms with van der Waals surface area (Å²) < 4.78 is 5.73. The first-order valence-electron chi connectivity index (χ1n) is 9.82. The zero-order valence-corrected chi connectivity index (χ0v) is 17.2. The first kappa shape index (κ1) is 21.2. The van der Waals surface area contributed by atoms with Crippen molar-refractivity contribution in [1.82, 2.24) is 4.90 Å². The third kappa shape index (κ3) is 5.96. The molecule has 1 N–H and O–H groups in total. The Bertz CT molecular complexity index is 652. The number of ether oxygens (including phenoxy) is 1. The van der Waals surface area contributed by atoms with E-state index in [1.807, 2.05) is 62.9 Å². The summed E-state index contributed by atoms with van der Waals surface area (Å²) in [6.07, 6.45) is 2.64. The molecule has 0 aliphatic carbocycles. The van der Waals surface area contributed by atoms with Gasteiger partial charge in [0.15, 0.2) is 0 Å². The Labute approximate surface area is 162 Å². The predicted molar refractivity (Wildman–Crippen MR) is 109 cm³/mol. The van der Waals surface area contributed by atoms with E-state index in [1.54, 1.807) is 0 Å². The van der Waals surface area contributed by atoms with Crippen LogP contribution in [0.4, 0.5) is 11.4 Å². The number of carbonyl (C=O) groups is 2. The fourth-order valence-corrected chi connectivity index (χ4v) is 3.23. The Morgan fingerprint density at radius 3 is 2.59 bits per heavy atom. The smallest absolute Gasteiger partial charge is 0.226 e. The van der Waals surface area contributed by atoms with Crippen LogP contribution in [0.5, 0.6) is 0 Å². The van der Waals surface area contributed by atoms with Crippen LogP contribution in [-0.2, 0) is 20.9 Å². The molecule has 0 radical (unpaired) electrons. The summed E-state index contributed by atoms with van der Waals surface area (Å²) in [5.41, 5.74) is 2.82. The molecule has 1 aliphatic rings. The first-order valence-corrected chi connectivity index (χ1v) is 9.82. The molecule has 6 heteroatoms. The first-order chi connectivity index (χ1) is 12.8. The van der Waals surface area contributed by atoms with E-state index in [1.165, 1.54) is 0 Å². The van der Waals surface area contributed by atoms with Gasteiger partial charge in [-0.3, -0.25) is 9.59 Å². The van der Waals surface area contributed by atoms with Crippen molar-refractivity contribution >= 4 is 23.2 Å². The summed E-state index contributed by atoms with van der Waals surface area (Å²) in [6, 6.07) is 5.87. The maximum Gasteiger partial charge on any atom is 0.226 e. The van der Waals surface area contributed by atoms with Crippen LogP contribution in [0.15, 0.2) is 18.2 Å². The van der Waals surface area contributed by atoms with E-state index in [9.17, 15) is 9.59 Å². The van der Waals surface area contributed by atoms with Gasteiger partial charge in [0, 0.05) is 57.5 Å². The van der Waals surface area contributed by atoms with Gasteiger partial charge in [-0.2, -0.15) is 0 Å². The van der Waals surface area contributed by atoms with Gasteiger partial charge in [-0.25, -0.2) is 0 Å². The average Bonchev–Trinajstić information content (AvgIpc) is 3.13. The van der Waals surface area contributed by atoms with Crippen molar-refractivity contribution in [3.8, 4) is 0 Å². The van der Waals surface area contributed by atoms with E-state index < -0.39 is 0 Å². The zero-order valence-electron chi connectivity index (χ0n) is 17.2. The second-order valence-corrected chi connectivity index (χ2v) is 7.64. The zero-order chi connectivity index (χ0) is 20.0. The highest BCUT2D eigenvalue weighted by Crippen LogP contribution is 2.26. The van der Waals surface area contributed by atoms with Crippen molar-refractivity contribution in [2.24, 2.45) is 5.92 Å². The highest BCUT2D eigenvalue weighted by Gasteiger charge is 2.23. The lowest BCUT2D eigenvalue weighted by Crippen LogP contribution is -2.36. The number of hydrogen-bond acceptors (Lipinski definition) is 4. The number of nitrogens with one attached hydrogen (secondary N) is 1. The molecule has 0 aromatic heterocycles. The molecule has 2 rings (SSSR count). The highest BCUT2D eigenvalue weighted by molar-refractivity contribution is 5.92. The van der Waals surface area contributed by atoms with E-state index in [0.29, 0.717) is 19.5 Å². The molecule has 6 nitrogen and oxygen atoms in total. The summed E-state index contributed by atoms with van der Waals surface area (Å²) in [5.74, 6) is 0.0193. The maximum atomic E-state index is 12.5. The van der Waals surface area contributed by atoms with Gasteiger partial charge < -0.3 is 19.9 Å². The fraction of sp³-hybridized carbons (Fsp3) is 0.619. The molecule has 0 unspecified atom stereocenters. The third-order valence-electron chi connectivity index (χ3n) is 4.82. The van der Waals surface area contributed by atoms with Crippen LogP contribution in [0, 0.1) is 5.92 Å². The minimum absolute atomic E-state index is 0.0144. The SMILES string of the molecule is CCC(=O)N(Cc1cc(NC(=O)C(C)C)ccc1N(C)C)C[C@H]1CCCO1. The summed E-state index contributed by atoms with van der Waals surface area (Å²) in [7, 11) is 3.97. The second kappa shape index (κ2) is 9.74. The van der Waals surface area contributed by atoms with Crippen molar-refractivity contribution in [3.63, 3.8) is 0 Å². The summed E-state index contributed by atoms with van der Waals surface area (Å²) in [6.45, 7) is 7.52. The summed E-state index contributed by atoms with van der Waals surface area (Å²) in [5, 5.41) is 2.95. The molecule has 1 aromatic rings. The Balaban J connectivity index is 2.25. The standard InChI is InChI=1S/C21H33N3O3/c1-6-20(25)24(14-18-8-7-11-27-18)13-16-12-17(22-21(26)15(2)3)9-10-19(16)23(4)5/h9-10,12,15,18H,6-8,11,13-14H2,1-5H3,(H,22,26)/t18-/m1/s1. The maximum absolute atomic E-state index is 12.5. The lowest BCUT2D eigenvalue weighted by atomic mass is 10.1. The van der Waals surface area contributed by atoms with Crippen LogP contribution in [-0.4, -0.2) is 50.1 Å². The number of benzene rings is 1. The molecule has 1 atom stereocenters. The van der Waals surface area contributed by atoms with Crippen LogP contribution in [0.25, 0.3) is 0 Å². The van der Waals surface area contributed by atoms with E-state index in [0.717, 1.165) is 36.4 Å². The number of carbonyl (C=O) groups excluding carboxylic acids is 2. The van der Waals surface area contributed by atoms with Crippen LogP contribution in [0.1, 0.15) is 45.6 Å². The lowest BCUT2D eigenvalue weighted by Gasteiger charge is -2.28. The topological polar surface area (TPSA) is 61.9 Å². The highest BCUT2D eigenvalue weighted by atomic mass is 16.5. The average molecular weight is 376 g/mol. The molecule has 1 aliphatic heterocycles. The summed E-state index contributed by atoms with van der Waals surface area (Å²) in [4.78, 5) is 28.5. The normalized spacial score (nSPS) is 16.4. The van der Waals surface area contributed by atoms with Crippen molar-refractivity contribution in [1.29, 1.82) is 0 Å². The van der Waals surface area contributed by atoms with Gasteiger partial charge in [-0.1, -0.05) is 20.8 Å². The van der Waals surface area contributed by atoms with Gasteiger partial charge in [0.1, 0.15) is 0 Å². The second-order valence-electron chi connectivity index (χ2n) is 7.64. The van der Waals surface area contributed by atoms with E-state index in [2.05, 4.69) is 5.32 Å². The van der Waals surface area contributed by atoms with Crippen LogP contribution >= 0.6 is 0 Å². The van der Waals surface area contributed by atoms with E-state index in [-0.39, 0.29) is 23.8 Å². The molecular formula is C21H33N3O3. The lowest BCUT2D eigenvalue weighted by molar-refractivity contribution is -0.133. The fourth-order valence-electron chi connectivity index (χ4n) is 3.23. The predicted octanol–water partition coefficient (Wildman–Crippen LogP) is 3.26. The van der Waals surface area contributed by atoms with Crippen molar-refractivity contribution < 1.29 is 14.3 Å². The molecule has 1 aromatic carbocycles. The molecule has 27 heavy (non-hydrogen) atoms. The van der Waals surface area contributed by atoms with Gasteiger partial charge >= 0.3 is 0 Å². The minimum Gasteiger partial charge on any atom is -0.377 e. The largest absolute Gasteiger partial charge is 0.377 e. The Morgan fingerprint density at radius 2 is 2.04 bits per heavy atom. The van der Waals surface area contributed by atoms with Crippen molar-refractivity contribution in [3.05, 3.63) is 23.8 Å². The van der Waals surface area contributed by atoms with Crippen LogP contribution in [0.3, 0.4) is 0 Å². The van der Waals surface area contributed by atoms with Gasteiger partial charge in [-0.05, 0) is 36.6 Å². The number of rotatable bonds is 8. The minimum atomic E-state index is -0.0836. The van der Waals surface area contributed by atoms with Gasteiger partial charge in [0.25, 0.3) is 0 Å². The molecular weight excluding hydrogens is 342 g/mol. The Kier molecular flexibility index (Phi) is 7.66. The molecule has 0 saturated carbocycles. The van der Waals surface area contributed by atoms with Gasteiger partial charge in [0.2, 0.25) is 11.8 Å². The van der Waals surface area contributed by atoms with Gasteiger partial charge in [-0.15, -0.1) is 0 Å². The van der Waals surface area contributed by atoms with Crippen molar-refractivity contribution in [2.45, 2.75) is 52.7 Å². The number of amides is 2. The molecule has 150 valence electrons. The summed E-state index contributed by atoms with van der Waals surface area (Å²) >= 11 is 0. The third-order valence-corrected chi connectivity index (χ3v) is 4.82. The number of hydrogen-bond donors (Lipinski definition) is 1. The van der Waals surface area contributed by atoms with Crippen LogP contribution < -0.4 is 10.2 Å². The molecule has 1 saturated heterocycles. The van der Waals surface area contributed by atoms with Crippen molar-refractivity contribution in [2.75, 3.05) is 37.5 Å².